The van der Waals surface area contributed by atoms with Crippen molar-refractivity contribution in [2.45, 2.75) is 6.92 Å². The molecule has 0 unspecified atom stereocenters. The number of aromatic nitrogens is 3. The molecule has 0 aliphatic heterocycles. The van der Waals surface area contributed by atoms with Crippen LogP contribution in [0.2, 0.25) is 0 Å². The van der Waals surface area contributed by atoms with Crippen LogP contribution in [0, 0.1) is 5.82 Å². The molecule has 74 valence electrons. The first-order valence-corrected chi connectivity index (χ1v) is 4.43. The van der Waals surface area contributed by atoms with Crippen LogP contribution in [0.5, 0.6) is 0 Å². The predicted molar refractivity (Wildman–Crippen MR) is 51.9 cm³/mol. The number of rotatable bonds is 2. The summed E-state index contributed by atoms with van der Waals surface area (Å²) >= 11 is 0. The van der Waals surface area contributed by atoms with Crippen molar-refractivity contribution >= 4 is 11.5 Å². The van der Waals surface area contributed by atoms with E-state index in [9.17, 15) is 4.39 Å². The first kappa shape index (κ1) is 8.93. The molecule has 0 amide bonds. The lowest BCUT2D eigenvalue weighted by atomic mass is 10.5. The summed E-state index contributed by atoms with van der Waals surface area (Å²) in [6.07, 6.45) is 2.76. The molecule has 2 aromatic rings. The molecule has 0 saturated heterocycles. The Morgan fingerprint density at radius 3 is 3.07 bits per heavy atom. The van der Waals surface area contributed by atoms with Crippen LogP contribution in [0.4, 0.5) is 10.2 Å². The Morgan fingerprint density at radius 1 is 1.57 bits per heavy atom. The molecule has 2 rings (SSSR count). The first-order valence-electron chi connectivity index (χ1n) is 4.43. The van der Waals surface area contributed by atoms with Gasteiger partial charge in [-0.15, -0.1) is 0 Å². The maximum atomic E-state index is 13.1. The number of hydrogen-bond acceptors (Lipinski definition) is 3. The second kappa shape index (κ2) is 3.25. The highest BCUT2D eigenvalue weighted by Gasteiger charge is 2.09. The molecule has 0 radical (unpaired) electrons. The van der Waals surface area contributed by atoms with Crippen molar-refractivity contribution in [1.82, 2.24) is 14.6 Å². The molecule has 0 atom stereocenters. The van der Waals surface area contributed by atoms with Crippen LogP contribution >= 0.6 is 0 Å². The van der Waals surface area contributed by atoms with Gasteiger partial charge in [0.25, 0.3) is 0 Å². The van der Waals surface area contributed by atoms with E-state index >= 15 is 0 Å². The third-order valence-corrected chi connectivity index (χ3v) is 2.20. The van der Waals surface area contributed by atoms with Gasteiger partial charge in [0.2, 0.25) is 0 Å². The van der Waals surface area contributed by atoms with Crippen molar-refractivity contribution in [2.75, 3.05) is 18.5 Å². The van der Waals surface area contributed by atoms with Crippen molar-refractivity contribution in [1.29, 1.82) is 0 Å². The van der Waals surface area contributed by atoms with Crippen molar-refractivity contribution in [2.24, 2.45) is 0 Å². The fraction of sp³-hybridized carbons (Fsp3) is 0.333. The van der Waals surface area contributed by atoms with Gasteiger partial charge in [0.05, 0.1) is 6.20 Å². The molecular formula is C9H11FN4. The van der Waals surface area contributed by atoms with Gasteiger partial charge < -0.3 is 4.90 Å². The van der Waals surface area contributed by atoms with Crippen LogP contribution in [0.1, 0.15) is 6.92 Å². The minimum absolute atomic E-state index is 0.266. The zero-order chi connectivity index (χ0) is 10.1. The highest BCUT2D eigenvalue weighted by Crippen LogP contribution is 2.14. The summed E-state index contributed by atoms with van der Waals surface area (Å²) < 4.78 is 14.6. The van der Waals surface area contributed by atoms with Crippen LogP contribution in [-0.2, 0) is 0 Å². The zero-order valence-electron chi connectivity index (χ0n) is 8.11. The molecule has 0 N–H and O–H groups in total. The van der Waals surface area contributed by atoms with Crippen molar-refractivity contribution in [3.8, 4) is 0 Å². The van der Waals surface area contributed by atoms with E-state index in [1.165, 1.54) is 10.7 Å². The predicted octanol–water partition coefficient (Wildman–Crippen LogP) is 1.32. The molecule has 0 aromatic carbocycles. The summed E-state index contributed by atoms with van der Waals surface area (Å²) in [5.74, 6) is 0.442. The Labute approximate surface area is 81.0 Å². The van der Waals surface area contributed by atoms with Gasteiger partial charge in [-0.2, -0.15) is 9.61 Å². The lowest BCUT2D eigenvalue weighted by Crippen LogP contribution is -2.19. The normalized spacial score (nSPS) is 10.8. The largest absolute Gasteiger partial charge is 0.360 e. The van der Waals surface area contributed by atoms with Gasteiger partial charge in [0, 0.05) is 19.8 Å². The summed E-state index contributed by atoms with van der Waals surface area (Å²) in [5.41, 5.74) is 0.266. The van der Waals surface area contributed by atoms with E-state index in [0.717, 1.165) is 12.4 Å². The average molecular weight is 194 g/mol. The number of anilines is 1. The molecule has 0 aliphatic rings. The molecule has 5 heteroatoms. The second-order valence-corrected chi connectivity index (χ2v) is 3.05. The fourth-order valence-corrected chi connectivity index (χ4v) is 1.30. The van der Waals surface area contributed by atoms with Gasteiger partial charge in [-0.1, -0.05) is 0 Å². The lowest BCUT2D eigenvalue weighted by Gasteiger charge is -2.16. The SMILES string of the molecule is CCN(C)c1ccnc2c(F)cnn12. The second-order valence-electron chi connectivity index (χ2n) is 3.05. The number of nitrogens with zero attached hydrogens (tertiary/aromatic N) is 4. The van der Waals surface area contributed by atoms with Gasteiger partial charge in [-0.25, -0.2) is 9.37 Å². The quantitative estimate of drug-likeness (QED) is 0.723. The van der Waals surface area contributed by atoms with Crippen LogP contribution in [0.15, 0.2) is 18.5 Å². The molecule has 0 aliphatic carbocycles. The summed E-state index contributed by atoms with van der Waals surface area (Å²) in [4.78, 5) is 5.89. The Hall–Kier alpha value is -1.65. The number of halogens is 1. The molecular weight excluding hydrogens is 183 g/mol. The van der Waals surface area contributed by atoms with Crippen molar-refractivity contribution in [3.63, 3.8) is 0 Å². The Balaban J connectivity index is 2.65. The average Bonchev–Trinajstić information content (AvgIpc) is 2.59. The highest BCUT2D eigenvalue weighted by molar-refractivity contribution is 5.48. The van der Waals surface area contributed by atoms with Gasteiger partial charge in [0.1, 0.15) is 5.82 Å². The maximum absolute atomic E-state index is 13.1. The van der Waals surface area contributed by atoms with E-state index in [4.69, 9.17) is 0 Å². The minimum atomic E-state index is -0.392. The Bertz CT molecular complexity index is 451. The highest BCUT2D eigenvalue weighted by atomic mass is 19.1. The fourth-order valence-electron chi connectivity index (χ4n) is 1.30. The lowest BCUT2D eigenvalue weighted by molar-refractivity contribution is 0.636. The third-order valence-electron chi connectivity index (χ3n) is 2.20. The topological polar surface area (TPSA) is 33.4 Å². The Morgan fingerprint density at radius 2 is 2.36 bits per heavy atom. The summed E-state index contributed by atoms with van der Waals surface area (Å²) in [5, 5.41) is 3.92. The molecule has 0 fully saturated rings. The van der Waals surface area contributed by atoms with E-state index < -0.39 is 5.82 Å². The van der Waals surface area contributed by atoms with Crippen LogP contribution in [0.25, 0.3) is 5.65 Å². The van der Waals surface area contributed by atoms with E-state index in [2.05, 4.69) is 10.1 Å². The van der Waals surface area contributed by atoms with Crippen LogP contribution < -0.4 is 4.90 Å². The number of fused-ring (bicyclic) bond motifs is 1. The third kappa shape index (κ3) is 1.21. The van der Waals surface area contributed by atoms with Crippen LogP contribution in [0.3, 0.4) is 0 Å². The summed E-state index contributed by atoms with van der Waals surface area (Å²) in [6, 6.07) is 1.81. The van der Waals surface area contributed by atoms with E-state index in [0.29, 0.717) is 0 Å². The smallest absolute Gasteiger partial charge is 0.193 e. The van der Waals surface area contributed by atoms with Gasteiger partial charge >= 0.3 is 0 Å². The summed E-state index contributed by atoms with van der Waals surface area (Å²) in [7, 11) is 1.92. The maximum Gasteiger partial charge on any atom is 0.193 e. The molecule has 2 aromatic heterocycles. The van der Waals surface area contributed by atoms with E-state index in [-0.39, 0.29) is 5.65 Å². The monoisotopic (exact) mass is 194 g/mol. The van der Waals surface area contributed by atoms with Crippen LogP contribution in [-0.4, -0.2) is 28.2 Å². The van der Waals surface area contributed by atoms with Gasteiger partial charge in [0.15, 0.2) is 11.5 Å². The minimum Gasteiger partial charge on any atom is -0.360 e. The van der Waals surface area contributed by atoms with Gasteiger partial charge in [-0.05, 0) is 13.0 Å². The first-order chi connectivity index (χ1) is 6.74. The van der Waals surface area contributed by atoms with E-state index in [1.54, 1.807) is 6.20 Å². The molecule has 4 nitrogen and oxygen atoms in total. The standard InChI is InChI=1S/C9H11FN4/c1-3-13(2)8-4-5-11-9-7(10)6-12-14(8)9/h4-6H,3H2,1-2H3. The number of hydrogen-bond donors (Lipinski definition) is 0. The van der Waals surface area contributed by atoms with E-state index in [1.807, 2.05) is 24.9 Å². The van der Waals surface area contributed by atoms with Crippen molar-refractivity contribution < 1.29 is 4.39 Å². The molecule has 0 spiro atoms. The summed E-state index contributed by atoms with van der Waals surface area (Å²) in [6.45, 7) is 2.85. The van der Waals surface area contributed by atoms with Crippen molar-refractivity contribution in [3.05, 3.63) is 24.3 Å². The molecule has 0 saturated carbocycles. The molecule has 2 heterocycles. The molecule has 0 bridgehead atoms. The zero-order valence-corrected chi connectivity index (χ0v) is 8.11. The molecule has 14 heavy (non-hydrogen) atoms. The Kier molecular flexibility index (Phi) is 2.07. The van der Waals surface area contributed by atoms with Gasteiger partial charge in [-0.3, -0.25) is 0 Å².